The Kier molecular flexibility index (Phi) is 5.19. The van der Waals surface area contributed by atoms with E-state index < -0.39 is 6.09 Å². The lowest BCUT2D eigenvalue weighted by atomic mass is 9.98. The topological polar surface area (TPSA) is 71.2 Å². The number of aromatic nitrogens is 1. The summed E-state index contributed by atoms with van der Waals surface area (Å²) in [4.78, 5) is 27.3. The van der Waals surface area contributed by atoms with E-state index in [0.29, 0.717) is 16.5 Å². The Balaban J connectivity index is 1.23. The SMILES string of the molecule is O=C(NCC#Cc1cccc2c(=O)cc[nH]c12)OCC1c2ccccc2-c2ccccc21. The second-order valence-corrected chi connectivity index (χ2v) is 7.55. The van der Waals surface area contributed by atoms with Crippen molar-refractivity contribution in [3.05, 3.63) is 106 Å². The van der Waals surface area contributed by atoms with Crippen molar-refractivity contribution in [2.75, 3.05) is 13.2 Å². The number of aromatic amines is 1. The summed E-state index contributed by atoms with van der Waals surface area (Å²) >= 11 is 0. The molecular formula is C27H20N2O3. The molecule has 0 spiro atoms. The second-order valence-electron chi connectivity index (χ2n) is 7.55. The fraction of sp³-hybridized carbons (Fsp3) is 0.111. The largest absolute Gasteiger partial charge is 0.449 e. The molecule has 0 saturated carbocycles. The van der Waals surface area contributed by atoms with Gasteiger partial charge in [-0.25, -0.2) is 4.79 Å². The maximum Gasteiger partial charge on any atom is 0.407 e. The van der Waals surface area contributed by atoms with Gasteiger partial charge in [0, 0.05) is 29.1 Å². The van der Waals surface area contributed by atoms with Crippen LogP contribution in [0.5, 0.6) is 0 Å². The lowest BCUT2D eigenvalue weighted by Crippen LogP contribution is -2.26. The zero-order valence-corrected chi connectivity index (χ0v) is 17.2. The first-order chi connectivity index (χ1) is 15.7. The van der Waals surface area contributed by atoms with Gasteiger partial charge in [0.1, 0.15) is 6.61 Å². The molecule has 1 aliphatic carbocycles. The van der Waals surface area contributed by atoms with Crippen LogP contribution < -0.4 is 10.7 Å². The first-order valence-corrected chi connectivity index (χ1v) is 10.4. The predicted octanol–water partition coefficient (Wildman–Crippen LogP) is 4.42. The highest BCUT2D eigenvalue weighted by atomic mass is 16.5. The molecule has 1 aromatic heterocycles. The van der Waals surface area contributed by atoms with Crippen molar-refractivity contribution < 1.29 is 9.53 Å². The van der Waals surface area contributed by atoms with Crippen molar-refractivity contribution in [1.82, 2.24) is 10.3 Å². The summed E-state index contributed by atoms with van der Waals surface area (Å²) in [6.45, 7) is 0.405. The van der Waals surface area contributed by atoms with Gasteiger partial charge in [0.15, 0.2) is 5.43 Å². The number of alkyl carbamates (subject to hydrolysis) is 1. The Morgan fingerprint density at radius 3 is 2.41 bits per heavy atom. The molecule has 156 valence electrons. The lowest BCUT2D eigenvalue weighted by Gasteiger charge is -2.14. The number of fused-ring (bicyclic) bond motifs is 4. The Morgan fingerprint density at radius 1 is 0.938 bits per heavy atom. The van der Waals surface area contributed by atoms with E-state index in [4.69, 9.17) is 4.74 Å². The third kappa shape index (κ3) is 3.63. The molecule has 0 saturated heterocycles. The molecule has 3 aromatic carbocycles. The molecule has 1 amide bonds. The van der Waals surface area contributed by atoms with Gasteiger partial charge in [0.05, 0.1) is 12.1 Å². The molecule has 0 unspecified atom stereocenters. The molecule has 5 rings (SSSR count). The predicted molar refractivity (Wildman–Crippen MR) is 125 cm³/mol. The zero-order chi connectivity index (χ0) is 21.9. The number of benzene rings is 3. The van der Waals surface area contributed by atoms with E-state index in [0.717, 1.165) is 0 Å². The molecule has 1 aliphatic rings. The summed E-state index contributed by atoms with van der Waals surface area (Å²) in [5.74, 6) is 5.94. The van der Waals surface area contributed by atoms with Crippen molar-refractivity contribution in [1.29, 1.82) is 0 Å². The smallest absolute Gasteiger partial charge is 0.407 e. The highest BCUT2D eigenvalue weighted by Crippen LogP contribution is 2.44. The van der Waals surface area contributed by atoms with Crippen molar-refractivity contribution in [3.63, 3.8) is 0 Å². The van der Waals surface area contributed by atoms with E-state index in [9.17, 15) is 9.59 Å². The van der Waals surface area contributed by atoms with E-state index in [1.54, 1.807) is 18.3 Å². The molecule has 5 nitrogen and oxygen atoms in total. The highest BCUT2D eigenvalue weighted by molar-refractivity contribution is 5.84. The third-order valence-corrected chi connectivity index (χ3v) is 5.68. The number of ether oxygens (including phenoxy) is 1. The average molecular weight is 420 g/mol. The monoisotopic (exact) mass is 420 g/mol. The number of rotatable bonds is 3. The summed E-state index contributed by atoms with van der Waals surface area (Å²) in [5, 5.41) is 3.26. The molecule has 1 heterocycles. The third-order valence-electron chi connectivity index (χ3n) is 5.68. The Hall–Kier alpha value is -4.30. The van der Waals surface area contributed by atoms with E-state index in [1.165, 1.54) is 28.3 Å². The van der Waals surface area contributed by atoms with Crippen LogP contribution in [0.4, 0.5) is 4.79 Å². The zero-order valence-electron chi connectivity index (χ0n) is 17.2. The minimum absolute atomic E-state index is 0.0201. The molecule has 4 aromatic rings. The number of hydrogen-bond acceptors (Lipinski definition) is 3. The van der Waals surface area contributed by atoms with Gasteiger partial charge in [0.2, 0.25) is 0 Å². The van der Waals surface area contributed by atoms with Crippen LogP contribution in [0.1, 0.15) is 22.6 Å². The number of H-pyrrole nitrogens is 1. The van der Waals surface area contributed by atoms with Crippen molar-refractivity contribution in [2.24, 2.45) is 0 Å². The number of hydrogen-bond donors (Lipinski definition) is 2. The van der Waals surface area contributed by atoms with E-state index in [2.05, 4.69) is 46.4 Å². The van der Waals surface area contributed by atoms with Crippen LogP contribution >= 0.6 is 0 Å². The van der Waals surface area contributed by atoms with Gasteiger partial charge in [0.25, 0.3) is 0 Å². The van der Waals surface area contributed by atoms with E-state index >= 15 is 0 Å². The average Bonchev–Trinajstić information content (AvgIpc) is 3.15. The summed E-state index contributed by atoms with van der Waals surface area (Å²) in [6.07, 6.45) is 1.10. The molecule has 5 heteroatoms. The number of carbonyl (C=O) groups excluding carboxylic acids is 1. The van der Waals surface area contributed by atoms with Crippen LogP contribution in [0.3, 0.4) is 0 Å². The minimum Gasteiger partial charge on any atom is -0.449 e. The van der Waals surface area contributed by atoms with Gasteiger partial charge in [-0.15, -0.1) is 0 Å². The van der Waals surface area contributed by atoms with Gasteiger partial charge < -0.3 is 15.0 Å². The number of nitrogens with one attached hydrogen (secondary N) is 2. The molecule has 32 heavy (non-hydrogen) atoms. The van der Waals surface area contributed by atoms with Crippen LogP contribution in [0.15, 0.2) is 83.8 Å². The van der Waals surface area contributed by atoms with Gasteiger partial charge >= 0.3 is 6.09 Å². The van der Waals surface area contributed by atoms with Gasteiger partial charge in [-0.3, -0.25) is 4.79 Å². The molecule has 0 aliphatic heterocycles. The highest BCUT2D eigenvalue weighted by Gasteiger charge is 2.28. The van der Waals surface area contributed by atoms with Crippen LogP contribution in [-0.4, -0.2) is 24.2 Å². The summed E-state index contributed by atoms with van der Waals surface area (Å²) in [7, 11) is 0. The summed E-state index contributed by atoms with van der Waals surface area (Å²) in [6, 6.07) is 23.3. The standard InChI is InChI=1S/C27H20N2O3/c30-25-14-16-28-26-18(7-5-13-23(25)26)8-6-15-29-27(31)32-17-24-21-11-3-1-9-19(21)20-10-2-4-12-22(20)24/h1-5,7,9-14,16,24H,15,17H2,(H,28,30)(H,29,31). The lowest BCUT2D eigenvalue weighted by molar-refractivity contribution is 0.144. The van der Waals surface area contributed by atoms with Crippen LogP contribution in [-0.2, 0) is 4.74 Å². The number of pyridine rings is 1. The Bertz CT molecular complexity index is 1400. The Morgan fingerprint density at radius 2 is 1.66 bits per heavy atom. The maximum atomic E-state index is 12.2. The molecular weight excluding hydrogens is 400 g/mol. The van der Waals surface area contributed by atoms with Gasteiger partial charge in [-0.05, 0) is 34.4 Å². The quantitative estimate of drug-likeness (QED) is 0.482. The fourth-order valence-corrected chi connectivity index (χ4v) is 4.21. The maximum absolute atomic E-state index is 12.2. The van der Waals surface area contributed by atoms with Crippen molar-refractivity contribution >= 4 is 17.0 Å². The van der Waals surface area contributed by atoms with Crippen LogP contribution in [0.2, 0.25) is 0 Å². The normalized spacial score (nSPS) is 11.9. The first kappa shape index (κ1) is 19.7. The summed E-state index contributed by atoms with van der Waals surface area (Å²) < 4.78 is 5.51. The minimum atomic E-state index is -0.507. The fourth-order valence-electron chi connectivity index (χ4n) is 4.21. The van der Waals surface area contributed by atoms with Crippen molar-refractivity contribution in [2.45, 2.75) is 5.92 Å². The Labute approximate surface area is 185 Å². The van der Waals surface area contributed by atoms with E-state index in [1.807, 2.05) is 30.3 Å². The summed E-state index contributed by atoms with van der Waals surface area (Å²) in [5.41, 5.74) is 6.06. The van der Waals surface area contributed by atoms with Crippen LogP contribution in [0, 0.1) is 11.8 Å². The molecule has 0 bridgehead atoms. The number of carbonyl (C=O) groups is 1. The van der Waals surface area contributed by atoms with Gasteiger partial charge in [-0.2, -0.15) is 0 Å². The van der Waals surface area contributed by atoms with Crippen molar-refractivity contribution in [3.8, 4) is 23.0 Å². The molecule has 0 fully saturated rings. The molecule has 0 atom stereocenters. The molecule has 2 N–H and O–H groups in total. The van der Waals surface area contributed by atoms with Crippen LogP contribution in [0.25, 0.3) is 22.0 Å². The van der Waals surface area contributed by atoms with E-state index in [-0.39, 0.29) is 24.5 Å². The van der Waals surface area contributed by atoms with Gasteiger partial charge in [-0.1, -0.05) is 66.4 Å². The molecule has 0 radical (unpaired) electrons. The number of amides is 1. The first-order valence-electron chi connectivity index (χ1n) is 10.4. The number of para-hydroxylation sites is 1. The second kappa shape index (κ2) is 8.44.